The van der Waals surface area contributed by atoms with Gasteiger partial charge in [-0.25, -0.2) is 9.37 Å². The van der Waals surface area contributed by atoms with Gasteiger partial charge in [0.25, 0.3) is 5.88 Å². The van der Waals surface area contributed by atoms with E-state index in [4.69, 9.17) is 16.3 Å². The number of nitrogens with zero attached hydrogens (tertiary/aromatic N) is 1. The number of phenolic OH excluding ortho intramolecular Hbond substituents is 1. The van der Waals surface area contributed by atoms with E-state index in [0.29, 0.717) is 11.3 Å². The minimum Gasteiger partial charge on any atom is -0.508 e. The summed E-state index contributed by atoms with van der Waals surface area (Å²) in [6.07, 6.45) is 1.29. The van der Waals surface area contributed by atoms with E-state index in [-0.39, 0.29) is 16.7 Å². The van der Waals surface area contributed by atoms with Gasteiger partial charge in [-0.15, -0.1) is 0 Å². The molecular formula is C12H9ClFNO2. The lowest BCUT2D eigenvalue weighted by atomic mass is 10.2. The van der Waals surface area contributed by atoms with Crippen molar-refractivity contribution in [2.75, 3.05) is 0 Å². The average molecular weight is 254 g/mol. The highest BCUT2D eigenvalue weighted by Gasteiger charge is 2.10. The van der Waals surface area contributed by atoms with Gasteiger partial charge < -0.3 is 9.84 Å². The van der Waals surface area contributed by atoms with Crippen LogP contribution < -0.4 is 4.74 Å². The first-order chi connectivity index (χ1) is 8.08. The molecule has 0 fully saturated rings. The molecule has 0 bridgehead atoms. The standard InChI is InChI=1S/C12H9ClFNO2/c1-7-10(16)3-2-4-11(7)17-12-9(14)5-8(13)6-15-12/h2-6,16H,1H3. The Kier molecular flexibility index (Phi) is 3.15. The Morgan fingerprint density at radius 1 is 1.41 bits per heavy atom. The van der Waals surface area contributed by atoms with Crippen molar-refractivity contribution in [3.63, 3.8) is 0 Å². The molecule has 0 unspecified atom stereocenters. The first-order valence-electron chi connectivity index (χ1n) is 4.85. The molecule has 2 rings (SSSR count). The molecule has 0 amide bonds. The SMILES string of the molecule is Cc1c(O)cccc1Oc1ncc(Cl)cc1F. The fraction of sp³-hybridized carbons (Fsp3) is 0.0833. The third kappa shape index (κ3) is 2.47. The van der Waals surface area contributed by atoms with Gasteiger partial charge in [-0.3, -0.25) is 0 Å². The quantitative estimate of drug-likeness (QED) is 0.888. The van der Waals surface area contributed by atoms with Crippen LogP contribution in [0.25, 0.3) is 0 Å². The zero-order valence-electron chi connectivity index (χ0n) is 8.95. The normalized spacial score (nSPS) is 10.3. The summed E-state index contributed by atoms with van der Waals surface area (Å²) < 4.78 is 18.7. The van der Waals surface area contributed by atoms with Crippen LogP contribution in [-0.4, -0.2) is 10.1 Å². The third-order valence-electron chi connectivity index (χ3n) is 2.24. The topological polar surface area (TPSA) is 42.4 Å². The second-order valence-electron chi connectivity index (χ2n) is 3.44. The van der Waals surface area contributed by atoms with Gasteiger partial charge in [0.1, 0.15) is 11.5 Å². The molecule has 1 N–H and O–H groups in total. The molecule has 5 heteroatoms. The highest BCUT2D eigenvalue weighted by molar-refractivity contribution is 6.30. The van der Waals surface area contributed by atoms with E-state index in [9.17, 15) is 9.50 Å². The van der Waals surface area contributed by atoms with Crippen LogP contribution in [0.3, 0.4) is 0 Å². The molecule has 1 aromatic carbocycles. The molecule has 0 spiro atoms. The second kappa shape index (κ2) is 4.59. The van der Waals surface area contributed by atoms with Crippen LogP contribution in [0.4, 0.5) is 4.39 Å². The lowest BCUT2D eigenvalue weighted by Gasteiger charge is -2.09. The van der Waals surface area contributed by atoms with Gasteiger partial charge in [-0.2, -0.15) is 0 Å². The zero-order valence-corrected chi connectivity index (χ0v) is 9.70. The van der Waals surface area contributed by atoms with Crippen molar-refractivity contribution < 1.29 is 14.2 Å². The molecule has 0 radical (unpaired) electrons. The third-order valence-corrected chi connectivity index (χ3v) is 2.44. The Hall–Kier alpha value is -1.81. The van der Waals surface area contributed by atoms with E-state index in [0.717, 1.165) is 6.07 Å². The monoisotopic (exact) mass is 253 g/mol. The summed E-state index contributed by atoms with van der Waals surface area (Å²) in [5.41, 5.74) is 0.517. The maximum absolute atomic E-state index is 13.4. The van der Waals surface area contributed by atoms with Gasteiger partial charge in [0.15, 0.2) is 5.82 Å². The van der Waals surface area contributed by atoms with Crippen LogP contribution in [0.5, 0.6) is 17.4 Å². The van der Waals surface area contributed by atoms with Gasteiger partial charge in [0.2, 0.25) is 0 Å². The minimum atomic E-state index is -0.653. The molecule has 1 heterocycles. The molecule has 88 valence electrons. The number of aromatic hydroxyl groups is 1. The summed E-state index contributed by atoms with van der Waals surface area (Å²) in [5.74, 6) is -0.404. The first kappa shape index (κ1) is 11.7. The second-order valence-corrected chi connectivity index (χ2v) is 3.88. The Balaban J connectivity index is 2.35. The number of rotatable bonds is 2. The predicted octanol–water partition coefficient (Wildman–Crippen LogP) is 3.68. The van der Waals surface area contributed by atoms with Crippen LogP contribution in [0.15, 0.2) is 30.5 Å². The fourth-order valence-corrected chi connectivity index (χ4v) is 1.44. The fourth-order valence-electron chi connectivity index (χ4n) is 1.29. The summed E-state index contributed by atoms with van der Waals surface area (Å²) >= 11 is 5.58. The largest absolute Gasteiger partial charge is 0.508 e. The maximum Gasteiger partial charge on any atom is 0.255 e. The van der Waals surface area contributed by atoms with Crippen molar-refractivity contribution in [1.29, 1.82) is 0 Å². The van der Waals surface area contributed by atoms with E-state index in [1.165, 1.54) is 12.3 Å². The van der Waals surface area contributed by atoms with Crippen molar-refractivity contribution in [2.45, 2.75) is 6.92 Å². The molecule has 0 aliphatic rings. The number of aromatic nitrogens is 1. The molecule has 0 saturated heterocycles. The molecule has 0 saturated carbocycles. The highest BCUT2D eigenvalue weighted by atomic mass is 35.5. The van der Waals surface area contributed by atoms with Crippen LogP contribution in [0.2, 0.25) is 5.02 Å². The first-order valence-corrected chi connectivity index (χ1v) is 5.23. The van der Waals surface area contributed by atoms with Crippen molar-refractivity contribution >= 4 is 11.6 Å². The van der Waals surface area contributed by atoms with Gasteiger partial charge in [-0.1, -0.05) is 17.7 Å². The van der Waals surface area contributed by atoms with Crippen molar-refractivity contribution in [3.05, 3.63) is 46.9 Å². The molecule has 3 nitrogen and oxygen atoms in total. The number of pyridine rings is 1. The van der Waals surface area contributed by atoms with Crippen molar-refractivity contribution in [2.24, 2.45) is 0 Å². The van der Waals surface area contributed by atoms with E-state index in [1.807, 2.05) is 0 Å². The zero-order chi connectivity index (χ0) is 12.4. The summed E-state index contributed by atoms with van der Waals surface area (Å²) in [7, 11) is 0. The molecule has 17 heavy (non-hydrogen) atoms. The van der Waals surface area contributed by atoms with Crippen LogP contribution in [0, 0.1) is 12.7 Å². The Morgan fingerprint density at radius 2 is 2.18 bits per heavy atom. The molecule has 0 aliphatic heterocycles. The molecule has 2 aromatic rings. The lowest BCUT2D eigenvalue weighted by molar-refractivity contribution is 0.412. The predicted molar refractivity (Wildman–Crippen MR) is 62.1 cm³/mol. The van der Waals surface area contributed by atoms with E-state index < -0.39 is 5.82 Å². The van der Waals surface area contributed by atoms with Crippen LogP contribution in [-0.2, 0) is 0 Å². The number of benzene rings is 1. The number of hydrogen-bond donors (Lipinski definition) is 1. The minimum absolute atomic E-state index is 0.0804. The molecule has 1 aromatic heterocycles. The summed E-state index contributed by atoms with van der Waals surface area (Å²) in [5, 5.41) is 9.67. The van der Waals surface area contributed by atoms with E-state index >= 15 is 0 Å². The Bertz CT molecular complexity index is 560. The molecule has 0 atom stereocenters. The summed E-state index contributed by atoms with van der Waals surface area (Å²) in [6.45, 7) is 1.67. The van der Waals surface area contributed by atoms with Crippen LogP contribution >= 0.6 is 11.6 Å². The van der Waals surface area contributed by atoms with E-state index in [1.54, 1.807) is 19.1 Å². The van der Waals surface area contributed by atoms with Crippen molar-refractivity contribution in [3.8, 4) is 17.4 Å². The van der Waals surface area contributed by atoms with Gasteiger partial charge in [0.05, 0.1) is 5.02 Å². The number of halogens is 2. The Morgan fingerprint density at radius 3 is 2.88 bits per heavy atom. The van der Waals surface area contributed by atoms with Gasteiger partial charge in [0, 0.05) is 11.8 Å². The van der Waals surface area contributed by atoms with Crippen LogP contribution in [0.1, 0.15) is 5.56 Å². The maximum atomic E-state index is 13.4. The van der Waals surface area contributed by atoms with Gasteiger partial charge in [-0.05, 0) is 25.1 Å². The molecule has 0 aliphatic carbocycles. The lowest BCUT2D eigenvalue weighted by Crippen LogP contribution is -1.93. The molecular weight excluding hydrogens is 245 g/mol. The van der Waals surface area contributed by atoms with Gasteiger partial charge >= 0.3 is 0 Å². The number of phenols is 1. The number of ether oxygens (including phenoxy) is 1. The smallest absolute Gasteiger partial charge is 0.255 e. The van der Waals surface area contributed by atoms with Crippen molar-refractivity contribution in [1.82, 2.24) is 4.98 Å². The number of hydrogen-bond acceptors (Lipinski definition) is 3. The highest BCUT2D eigenvalue weighted by Crippen LogP contribution is 2.30. The summed E-state index contributed by atoms with van der Waals surface area (Å²) in [4.78, 5) is 3.73. The Labute approximate surface area is 102 Å². The van der Waals surface area contributed by atoms with E-state index in [2.05, 4.69) is 4.98 Å². The summed E-state index contributed by atoms with van der Waals surface area (Å²) in [6, 6.07) is 5.85. The average Bonchev–Trinajstić information content (AvgIpc) is 2.28.